The van der Waals surface area contributed by atoms with Gasteiger partial charge in [0.2, 0.25) is 0 Å². The van der Waals surface area contributed by atoms with Crippen LogP contribution in [-0.4, -0.2) is 11.8 Å². The van der Waals surface area contributed by atoms with Gasteiger partial charge in [0.25, 0.3) is 11.8 Å². The smallest absolute Gasteiger partial charge is 0.255 e. The molecule has 0 saturated heterocycles. The van der Waals surface area contributed by atoms with Crippen LogP contribution in [0.15, 0.2) is 121 Å². The van der Waals surface area contributed by atoms with Gasteiger partial charge in [-0.05, 0) is 48.5 Å². The predicted octanol–water partition coefficient (Wildman–Crippen LogP) is 5.50. The number of para-hydroxylation sites is 4. The van der Waals surface area contributed by atoms with E-state index in [0.29, 0.717) is 11.4 Å². The van der Waals surface area contributed by atoms with Gasteiger partial charge in [0.15, 0.2) is 0 Å². The van der Waals surface area contributed by atoms with Gasteiger partial charge in [-0.3, -0.25) is 20.4 Å². The third-order valence-corrected chi connectivity index (χ3v) is 4.86. The second kappa shape index (κ2) is 10.6. The Hall–Kier alpha value is -4.58. The Balaban J connectivity index is 1.57. The number of rotatable bonds is 8. The first-order valence-corrected chi connectivity index (χ1v) is 10.6. The zero-order valence-corrected chi connectivity index (χ0v) is 18.0. The van der Waals surface area contributed by atoms with Crippen LogP contribution in [0.4, 0.5) is 22.7 Å². The number of anilines is 4. The lowest BCUT2D eigenvalue weighted by Crippen LogP contribution is -2.43. The van der Waals surface area contributed by atoms with E-state index in [9.17, 15) is 9.59 Å². The van der Waals surface area contributed by atoms with Crippen LogP contribution < -0.4 is 20.9 Å². The van der Waals surface area contributed by atoms with Crippen molar-refractivity contribution in [2.75, 3.05) is 20.9 Å². The zero-order chi connectivity index (χ0) is 22.9. The summed E-state index contributed by atoms with van der Waals surface area (Å²) in [6, 6.07) is 37.1. The van der Waals surface area contributed by atoms with E-state index in [2.05, 4.69) is 10.9 Å². The molecule has 2 amide bonds. The summed E-state index contributed by atoms with van der Waals surface area (Å²) in [5, 5.41) is 2.80. The third kappa shape index (κ3) is 5.77. The normalized spacial score (nSPS) is 10.2. The second-order valence-corrected chi connectivity index (χ2v) is 7.26. The summed E-state index contributed by atoms with van der Waals surface area (Å²) in [5.74, 6) is -0.767. The van der Waals surface area contributed by atoms with Crippen LogP contribution in [0.3, 0.4) is 0 Å². The van der Waals surface area contributed by atoms with Gasteiger partial charge in [-0.1, -0.05) is 72.8 Å². The van der Waals surface area contributed by atoms with E-state index in [-0.39, 0.29) is 18.2 Å². The van der Waals surface area contributed by atoms with Crippen molar-refractivity contribution in [2.24, 2.45) is 0 Å². The first-order valence-electron chi connectivity index (χ1n) is 10.6. The van der Waals surface area contributed by atoms with Crippen molar-refractivity contribution in [1.29, 1.82) is 0 Å². The summed E-state index contributed by atoms with van der Waals surface area (Å²) in [6.45, 7) is 0. The number of hydrogen-bond donors (Lipinski definition) is 2. The highest BCUT2D eigenvalue weighted by Crippen LogP contribution is 2.20. The van der Waals surface area contributed by atoms with E-state index in [0.717, 1.165) is 11.4 Å². The molecule has 4 rings (SSSR count). The summed E-state index contributed by atoms with van der Waals surface area (Å²) in [5.41, 5.74) is 9.00. The molecule has 0 atom stereocenters. The fourth-order valence-electron chi connectivity index (χ4n) is 3.27. The number of carbonyl (C=O) groups excluding carboxylic acids is 2. The van der Waals surface area contributed by atoms with Crippen molar-refractivity contribution in [3.8, 4) is 0 Å². The molecule has 0 unspecified atom stereocenters. The van der Waals surface area contributed by atoms with Gasteiger partial charge < -0.3 is 0 Å². The van der Waals surface area contributed by atoms with Crippen molar-refractivity contribution in [2.45, 2.75) is 6.42 Å². The van der Waals surface area contributed by atoms with Gasteiger partial charge in [0, 0.05) is 0 Å². The average molecular weight is 437 g/mol. The SMILES string of the molecule is O=C(CC(=O)N(Nc1ccccc1)c1ccccc1)N(Nc1ccccc1)c1ccccc1. The van der Waals surface area contributed by atoms with Crippen molar-refractivity contribution < 1.29 is 9.59 Å². The quantitative estimate of drug-likeness (QED) is 0.283. The maximum atomic E-state index is 13.3. The molecule has 6 nitrogen and oxygen atoms in total. The number of nitrogens with one attached hydrogen (secondary N) is 2. The molecule has 0 spiro atoms. The molecule has 0 aliphatic carbocycles. The molecular formula is C27H24N4O2. The van der Waals surface area contributed by atoms with Crippen molar-refractivity contribution in [3.05, 3.63) is 121 Å². The highest BCUT2D eigenvalue weighted by Gasteiger charge is 2.24. The number of carbonyl (C=O) groups is 2. The first-order chi connectivity index (χ1) is 16.2. The van der Waals surface area contributed by atoms with Gasteiger partial charge in [-0.15, -0.1) is 0 Å². The predicted molar refractivity (Wildman–Crippen MR) is 133 cm³/mol. The minimum atomic E-state index is -0.383. The van der Waals surface area contributed by atoms with Crippen LogP contribution in [0.1, 0.15) is 6.42 Å². The first kappa shape index (κ1) is 21.6. The summed E-state index contributed by atoms with van der Waals surface area (Å²) >= 11 is 0. The topological polar surface area (TPSA) is 64.7 Å². The molecule has 0 aromatic heterocycles. The van der Waals surface area contributed by atoms with E-state index in [1.165, 1.54) is 10.0 Å². The molecular weight excluding hydrogens is 412 g/mol. The number of benzene rings is 4. The Kier molecular flexibility index (Phi) is 6.98. The highest BCUT2D eigenvalue weighted by atomic mass is 16.2. The Morgan fingerprint density at radius 1 is 0.485 bits per heavy atom. The molecule has 0 saturated carbocycles. The average Bonchev–Trinajstić information content (AvgIpc) is 2.88. The fraction of sp³-hybridized carbons (Fsp3) is 0.0370. The van der Waals surface area contributed by atoms with E-state index in [4.69, 9.17) is 0 Å². The molecule has 0 bridgehead atoms. The van der Waals surface area contributed by atoms with Crippen molar-refractivity contribution in [1.82, 2.24) is 0 Å². The molecule has 4 aromatic rings. The van der Waals surface area contributed by atoms with E-state index in [1.54, 1.807) is 0 Å². The van der Waals surface area contributed by atoms with Crippen LogP contribution in [-0.2, 0) is 9.59 Å². The van der Waals surface area contributed by atoms with Crippen LogP contribution in [0.25, 0.3) is 0 Å². The van der Waals surface area contributed by atoms with Gasteiger partial charge in [-0.25, -0.2) is 10.0 Å². The molecule has 0 heterocycles. The highest BCUT2D eigenvalue weighted by molar-refractivity contribution is 6.11. The molecule has 0 aliphatic heterocycles. The number of hydrazine groups is 2. The fourth-order valence-corrected chi connectivity index (χ4v) is 3.27. The van der Waals surface area contributed by atoms with Gasteiger partial charge in [0.1, 0.15) is 6.42 Å². The molecule has 6 heteroatoms. The molecule has 33 heavy (non-hydrogen) atoms. The van der Waals surface area contributed by atoms with Gasteiger partial charge in [0.05, 0.1) is 22.7 Å². The third-order valence-electron chi connectivity index (χ3n) is 4.86. The minimum absolute atomic E-state index is 0.344. The van der Waals surface area contributed by atoms with Crippen LogP contribution in [0, 0.1) is 0 Å². The molecule has 0 radical (unpaired) electrons. The standard InChI is InChI=1S/C27H24N4O2/c32-26(30(24-17-9-3-10-18-24)28-22-13-5-1-6-14-22)21-27(33)31(25-19-11-4-12-20-25)29-23-15-7-2-8-16-23/h1-20,28-29H,21H2. The van der Waals surface area contributed by atoms with Gasteiger partial charge in [-0.2, -0.15) is 0 Å². The van der Waals surface area contributed by atoms with Gasteiger partial charge >= 0.3 is 0 Å². The van der Waals surface area contributed by atoms with E-state index >= 15 is 0 Å². The summed E-state index contributed by atoms with van der Waals surface area (Å²) < 4.78 is 0. The molecule has 4 aromatic carbocycles. The maximum absolute atomic E-state index is 13.3. The summed E-state index contributed by atoms with van der Waals surface area (Å²) in [7, 11) is 0. The lowest BCUT2D eigenvalue weighted by atomic mass is 10.2. The van der Waals surface area contributed by atoms with Crippen molar-refractivity contribution in [3.63, 3.8) is 0 Å². The lowest BCUT2D eigenvalue weighted by molar-refractivity contribution is -0.126. The summed E-state index contributed by atoms with van der Waals surface area (Å²) in [6.07, 6.45) is -0.344. The molecule has 0 fully saturated rings. The molecule has 0 aliphatic rings. The number of hydrogen-bond acceptors (Lipinski definition) is 4. The Morgan fingerprint density at radius 3 is 1.12 bits per heavy atom. The number of amides is 2. The van der Waals surface area contributed by atoms with E-state index < -0.39 is 0 Å². The van der Waals surface area contributed by atoms with Crippen LogP contribution in [0.5, 0.6) is 0 Å². The lowest BCUT2D eigenvalue weighted by Gasteiger charge is -2.27. The Morgan fingerprint density at radius 2 is 0.788 bits per heavy atom. The van der Waals surface area contributed by atoms with E-state index in [1.807, 2.05) is 121 Å². The monoisotopic (exact) mass is 436 g/mol. The zero-order valence-electron chi connectivity index (χ0n) is 18.0. The number of nitrogens with zero attached hydrogens (tertiary/aromatic N) is 2. The largest absolute Gasteiger partial charge is 0.291 e. The maximum Gasteiger partial charge on any atom is 0.255 e. The van der Waals surface area contributed by atoms with Crippen molar-refractivity contribution >= 4 is 34.6 Å². The Bertz CT molecular complexity index is 1070. The molecule has 2 N–H and O–H groups in total. The summed E-state index contributed by atoms with van der Waals surface area (Å²) in [4.78, 5) is 26.7. The molecule has 164 valence electrons. The Labute approximate surface area is 193 Å². The minimum Gasteiger partial charge on any atom is -0.291 e. The van der Waals surface area contributed by atoms with Crippen LogP contribution >= 0.6 is 0 Å². The second-order valence-electron chi connectivity index (χ2n) is 7.26. The van der Waals surface area contributed by atoms with Crippen LogP contribution in [0.2, 0.25) is 0 Å².